The molecule has 0 aromatic heterocycles. The fourth-order valence-electron chi connectivity index (χ4n) is 2.40. The van der Waals surface area contributed by atoms with Gasteiger partial charge in [0.25, 0.3) is 5.91 Å². The van der Waals surface area contributed by atoms with Crippen molar-refractivity contribution < 1.29 is 14.6 Å². The number of para-hydroxylation sites is 1. The summed E-state index contributed by atoms with van der Waals surface area (Å²) in [6.45, 7) is 1.27. The second-order valence-electron chi connectivity index (χ2n) is 4.99. The molecule has 0 saturated carbocycles. The van der Waals surface area contributed by atoms with E-state index >= 15 is 0 Å². The fraction of sp³-hybridized carbons (Fsp3) is 0.333. The van der Waals surface area contributed by atoms with Gasteiger partial charge < -0.3 is 9.84 Å². The molecule has 2 aliphatic rings. The first-order valence-corrected chi connectivity index (χ1v) is 8.02. The number of hydrogen-bond donors (Lipinski definition) is 1. The Labute approximate surface area is 132 Å². The van der Waals surface area contributed by atoms with E-state index < -0.39 is 0 Å². The molecule has 1 atom stereocenters. The maximum Gasteiger partial charge on any atom is 0.266 e. The van der Waals surface area contributed by atoms with Crippen LogP contribution < -0.4 is 0 Å². The molecule has 110 valence electrons. The molecule has 0 spiro atoms. The van der Waals surface area contributed by atoms with Gasteiger partial charge in [-0.1, -0.05) is 42.2 Å². The maximum atomic E-state index is 12.4. The lowest BCUT2D eigenvalue weighted by molar-refractivity contribution is -0.123. The molecule has 1 aromatic carbocycles. The van der Waals surface area contributed by atoms with Crippen molar-refractivity contribution in [3.8, 4) is 5.75 Å². The molecule has 1 N–H and O–H groups in total. The highest BCUT2D eigenvalue weighted by molar-refractivity contribution is 8.26. The monoisotopic (exact) mass is 321 g/mol. The van der Waals surface area contributed by atoms with Crippen LogP contribution in [0.25, 0.3) is 6.08 Å². The first kappa shape index (κ1) is 14.6. The number of phenolic OH excluding ortho intramolecular Hbond substituents is 1. The second kappa shape index (κ2) is 6.17. The van der Waals surface area contributed by atoms with Gasteiger partial charge in [-0.15, -0.1) is 0 Å². The Morgan fingerprint density at radius 2 is 2.29 bits per heavy atom. The number of rotatable bonds is 3. The normalized spacial score (nSPS) is 24.3. The minimum absolute atomic E-state index is 0.0805. The summed E-state index contributed by atoms with van der Waals surface area (Å²) in [5, 5.41) is 9.79. The van der Waals surface area contributed by atoms with E-state index in [0.717, 1.165) is 19.4 Å². The number of aromatic hydroxyl groups is 1. The molecule has 0 unspecified atom stereocenters. The molecule has 1 amide bonds. The van der Waals surface area contributed by atoms with E-state index in [1.54, 1.807) is 29.2 Å². The molecule has 2 heterocycles. The van der Waals surface area contributed by atoms with E-state index in [4.69, 9.17) is 17.0 Å². The van der Waals surface area contributed by atoms with Crippen LogP contribution in [0.2, 0.25) is 0 Å². The van der Waals surface area contributed by atoms with E-state index in [1.807, 2.05) is 6.07 Å². The number of benzene rings is 1. The molecule has 4 nitrogen and oxygen atoms in total. The first-order chi connectivity index (χ1) is 10.1. The van der Waals surface area contributed by atoms with Crippen LogP contribution in [-0.2, 0) is 9.53 Å². The van der Waals surface area contributed by atoms with Gasteiger partial charge >= 0.3 is 0 Å². The molecule has 2 aliphatic heterocycles. The van der Waals surface area contributed by atoms with Crippen LogP contribution >= 0.6 is 24.0 Å². The molecule has 0 bridgehead atoms. The third-order valence-electron chi connectivity index (χ3n) is 3.51. The zero-order chi connectivity index (χ0) is 14.8. The lowest BCUT2D eigenvalue weighted by Gasteiger charge is -2.18. The molecular weight excluding hydrogens is 306 g/mol. The van der Waals surface area contributed by atoms with Crippen LogP contribution in [0.4, 0.5) is 0 Å². The van der Waals surface area contributed by atoms with Crippen LogP contribution in [0.1, 0.15) is 18.4 Å². The van der Waals surface area contributed by atoms with Gasteiger partial charge in [-0.3, -0.25) is 9.69 Å². The largest absolute Gasteiger partial charge is 0.507 e. The summed E-state index contributed by atoms with van der Waals surface area (Å²) >= 11 is 6.56. The van der Waals surface area contributed by atoms with Gasteiger partial charge in [0.1, 0.15) is 10.1 Å². The molecule has 2 fully saturated rings. The number of thioether (sulfide) groups is 1. The Balaban J connectivity index is 1.78. The summed E-state index contributed by atoms with van der Waals surface area (Å²) < 4.78 is 6.11. The maximum absolute atomic E-state index is 12.4. The van der Waals surface area contributed by atoms with Gasteiger partial charge in [-0.05, 0) is 25.0 Å². The Hall–Kier alpha value is -1.37. The van der Waals surface area contributed by atoms with Crippen LogP contribution in [-0.4, -0.2) is 39.5 Å². The number of thiocarbonyl (C=S) groups is 1. The van der Waals surface area contributed by atoms with Gasteiger partial charge in [0.05, 0.1) is 17.6 Å². The topological polar surface area (TPSA) is 49.8 Å². The Kier molecular flexibility index (Phi) is 4.28. The van der Waals surface area contributed by atoms with Crippen molar-refractivity contribution in [3.05, 3.63) is 34.7 Å². The van der Waals surface area contributed by atoms with E-state index in [9.17, 15) is 9.90 Å². The van der Waals surface area contributed by atoms with Crippen LogP contribution in [0.5, 0.6) is 5.75 Å². The number of nitrogens with zero attached hydrogens (tertiary/aromatic N) is 1. The van der Waals surface area contributed by atoms with Crippen LogP contribution in [0.3, 0.4) is 0 Å². The first-order valence-electron chi connectivity index (χ1n) is 6.80. The fourth-order valence-corrected chi connectivity index (χ4v) is 3.67. The Morgan fingerprint density at radius 3 is 3.00 bits per heavy atom. The molecule has 2 saturated heterocycles. The third kappa shape index (κ3) is 3.12. The average molecular weight is 321 g/mol. The summed E-state index contributed by atoms with van der Waals surface area (Å²) in [6, 6.07) is 6.93. The molecule has 0 radical (unpaired) electrons. The zero-order valence-corrected chi connectivity index (χ0v) is 13.0. The van der Waals surface area contributed by atoms with Crippen molar-refractivity contribution in [1.29, 1.82) is 0 Å². The van der Waals surface area contributed by atoms with E-state index in [2.05, 4.69) is 0 Å². The lowest BCUT2D eigenvalue weighted by Crippen LogP contribution is -2.35. The lowest BCUT2D eigenvalue weighted by atomic mass is 10.2. The highest BCUT2D eigenvalue weighted by Crippen LogP contribution is 2.34. The van der Waals surface area contributed by atoms with Crippen LogP contribution in [0.15, 0.2) is 29.2 Å². The number of hydrogen-bond acceptors (Lipinski definition) is 5. The van der Waals surface area contributed by atoms with Gasteiger partial charge in [-0.2, -0.15) is 0 Å². The Morgan fingerprint density at radius 1 is 1.48 bits per heavy atom. The van der Waals surface area contributed by atoms with Gasteiger partial charge in [0.15, 0.2) is 0 Å². The second-order valence-corrected chi connectivity index (χ2v) is 6.66. The predicted molar refractivity (Wildman–Crippen MR) is 87.0 cm³/mol. The van der Waals surface area contributed by atoms with E-state index in [1.165, 1.54) is 11.8 Å². The Bertz CT molecular complexity index is 609. The minimum atomic E-state index is -0.108. The van der Waals surface area contributed by atoms with Crippen molar-refractivity contribution in [2.45, 2.75) is 18.9 Å². The molecule has 1 aromatic rings. The van der Waals surface area contributed by atoms with E-state index in [-0.39, 0.29) is 17.8 Å². The summed E-state index contributed by atoms with van der Waals surface area (Å²) in [4.78, 5) is 14.6. The summed E-state index contributed by atoms with van der Waals surface area (Å²) in [5.41, 5.74) is 0.620. The van der Waals surface area contributed by atoms with Gasteiger partial charge in [0, 0.05) is 12.2 Å². The number of ether oxygens (including phenoxy) is 1. The van der Waals surface area contributed by atoms with Crippen molar-refractivity contribution in [1.82, 2.24) is 4.90 Å². The van der Waals surface area contributed by atoms with Gasteiger partial charge in [0.2, 0.25) is 0 Å². The minimum Gasteiger partial charge on any atom is -0.507 e. The molecular formula is C15H15NO3S2. The number of carbonyl (C=O) groups excluding carboxylic acids is 1. The zero-order valence-electron chi connectivity index (χ0n) is 11.3. The molecule has 3 rings (SSSR count). The SMILES string of the molecule is O=C1/C(=C/c2ccccc2O)SC(=S)N1C[C@@H]1CCCO1. The molecule has 6 heteroatoms. The van der Waals surface area contributed by atoms with Crippen molar-refractivity contribution in [2.24, 2.45) is 0 Å². The molecule has 0 aliphatic carbocycles. The summed E-state index contributed by atoms with van der Waals surface area (Å²) in [6.07, 6.45) is 3.77. The van der Waals surface area contributed by atoms with Crippen molar-refractivity contribution in [3.63, 3.8) is 0 Å². The number of amides is 1. The highest BCUT2D eigenvalue weighted by atomic mass is 32.2. The quantitative estimate of drug-likeness (QED) is 0.685. The highest BCUT2D eigenvalue weighted by Gasteiger charge is 2.34. The predicted octanol–water partition coefficient (Wildman–Crippen LogP) is 2.77. The molecule has 21 heavy (non-hydrogen) atoms. The van der Waals surface area contributed by atoms with Crippen molar-refractivity contribution in [2.75, 3.05) is 13.2 Å². The smallest absolute Gasteiger partial charge is 0.266 e. The summed E-state index contributed by atoms with van der Waals surface area (Å²) in [5.74, 6) is 0.0469. The van der Waals surface area contributed by atoms with Crippen molar-refractivity contribution >= 4 is 40.3 Å². The number of phenols is 1. The summed E-state index contributed by atoms with van der Waals surface area (Å²) in [7, 11) is 0. The standard InChI is InChI=1S/C15H15NO3S2/c17-12-6-2-1-4-10(12)8-13-14(18)16(15(20)21-13)9-11-5-3-7-19-11/h1-2,4,6,8,11,17H,3,5,7,9H2/b13-8-/t11-/m0/s1. The average Bonchev–Trinajstić information content (AvgIpc) is 3.06. The van der Waals surface area contributed by atoms with Gasteiger partial charge in [-0.25, -0.2) is 0 Å². The van der Waals surface area contributed by atoms with Crippen LogP contribution in [0, 0.1) is 0 Å². The number of carbonyl (C=O) groups is 1. The van der Waals surface area contributed by atoms with E-state index in [0.29, 0.717) is 21.3 Å². The third-order valence-corrected chi connectivity index (χ3v) is 4.88.